The monoisotopic (exact) mass is 271 g/mol. The molecule has 1 aromatic heterocycles. The lowest BCUT2D eigenvalue weighted by Crippen LogP contribution is -2.26. The molecule has 0 saturated carbocycles. The maximum Gasteiger partial charge on any atom is 0.356 e. The molecule has 0 bridgehead atoms. The van der Waals surface area contributed by atoms with Crippen molar-refractivity contribution in [2.24, 2.45) is 0 Å². The largest absolute Gasteiger partial charge is 0.476 e. The van der Waals surface area contributed by atoms with Crippen LogP contribution in [0.1, 0.15) is 40.3 Å². The van der Waals surface area contributed by atoms with Gasteiger partial charge in [-0.3, -0.25) is 4.68 Å². The van der Waals surface area contributed by atoms with Crippen LogP contribution in [0.4, 0.5) is 0 Å². The molecule has 1 aliphatic heterocycles. The van der Waals surface area contributed by atoms with Crippen LogP contribution in [0.2, 0.25) is 0 Å². The van der Waals surface area contributed by atoms with Gasteiger partial charge in [0.15, 0.2) is 5.69 Å². The summed E-state index contributed by atoms with van der Waals surface area (Å²) in [5, 5.41) is 16.9. The topological polar surface area (TPSA) is 67.2 Å². The molecule has 1 aliphatic rings. The lowest BCUT2D eigenvalue weighted by atomic mass is 10.0. The summed E-state index contributed by atoms with van der Waals surface area (Å²) < 4.78 is 1.87. The van der Waals surface area contributed by atoms with E-state index in [2.05, 4.69) is 17.3 Å². The van der Waals surface area contributed by atoms with E-state index in [0.29, 0.717) is 6.54 Å². The summed E-state index contributed by atoms with van der Waals surface area (Å²) in [7, 11) is 0. The van der Waals surface area contributed by atoms with E-state index in [1.54, 1.807) is 0 Å². The number of carbonyl (C=O) groups is 1. The molecule has 5 nitrogen and oxygen atoms in total. The molecule has 0 saturated heterocycles. The molecule has 2 N–H and O–H groups in total. The van der Waals surface area contributed by atoms with Gasteiger partial charge in [0.2, 0.25) is 0 Å². The molecule has 1 unspecified atom stereocenters. The quantitative estimate of drug-likeness (QED) is 0.894. The molecule has 104 valence electrons. The van der Waals surface area contributed by atoms with Gasteiger partial charge >= 0.3 is 5.97 Å². The van der Waals surface area contributed by atoms with Crippen LogP contribution < -0.4 is 5.32 Å². The maximum absolute atomic E-state index is 11.3. The summed E-state index contributed by atoms with van der Waals surface area (Å²) >= 11 is 0. The second-order valence-corrected chi connectivity index (χ2v) is 5.04. The van der Waals surface area contributed by atoms with E-state index in [4.69, 9.17) is 0 Å². The van der Waals surface area contributed by atoms with E-state index in [9.17, 15) is 9.90 Å². The third-order valence-electron chi connectivity index (χ3n) is 3.81. The molecular weight excluding hydrogens is 254 g/mol. The summed E-state index contributed by atoms with van der Waals surface area (Å²) in [5.41, 5.74) is 3.17. The van der Waals surface area contributed by atoms with Gasteiger partial charge in [-0.25, -0.2) is 4.79 Å². The molecule has 1 atom stereocenters. The van der Waals surface area contributed by atoms with Crippen LogP contribution in [0.15, 0.2) is 30.3 Å². The Morgan fingerprint density at radius 1 is 1.40 bits per heavy atom. The maximum atomic E-state index is 11.3. The zero-order valence-electron chi connectivity index (χ0n) is 11.3. The summed E-state index contributed by atoms with van der Waals surface area (Å²) in [5.74, 6) is -0.955. The van der Waals surface area contributed by atoms with Crippen molar-refractivity contribution < 1.29 is 9.90 Å². The molecule has 2 aromatic rings. The summed E-state index contributed by atoms with van der Waals surface area (Å²) in [4.78, 5) is 11.3. The molecule has 3 rings (SSSR count). The Morgan fingerprint density at radius 3 is 2.85 bits per heavy atom. The normalized spacial score (nSPS) is 15.7. The van der Waals surface area contributed by atoms with Gasteiger partial charge in [0.25, 0.3) is 0 Å². The Bertz CT molecular complexity index is 634. The van der Waals surface area contributed by atoms with Gasteiger partial charge in [0, 0.05) is 30.8 Å². The van der Waals surface area contributed by atoms with E-state index in [-0.39, 0.29) is 11.7 Å². The fourth-order valence-corrected chi connectivity index (χ4v) is 2.74. The number of carboxylic acids is 1. The van der Waals surface area contributed by atoms with Crippen molar-refractivity contribution in [2.75, 3.05) is 6.54 Å². The summed E-state index contributed by atoms with van der Waals surface area (Å²) in [6, 6.07) is 10.1. The molecule has 0 fully saturated rings. The third-order valence-corrected chi connectivity index (χ3v) is 3.81. The van der Waals surface area contributed by atoms with E-state index in [0.717, 1.165) is 29.8 Å². The van der Waals surface area contributed by atoms with Crippen molar-refractivity contribution in [3.05, 3.63) is 52.8 Å². The molecule has 1 aromatic carbocycles. The first-order chi connectivity index (χ1) is 9.68. The van der Waals surface area contributed by atoms with Gasteiger partial charge in [-0.2, -0.15) is 5.10 Å². The number of hydrogen-bond donors (Lipinski definition) is 2. The number of fused-ring (bicyclic) bond motifs is 1. The van der Waals surface area contributed by atoms with Gasteiger partial charge < -0.3 is 10.4 Å². The minimum atomic E-state index is -0.955. The van der Waals surface area contributed by atoms with Crippen molar-refractivity contribution >= 4 is 5.97 Å². The number of hydrogen-bond acceptors (Lipinski definition) is 3. The highest BCUT2D eigenvalue weighted by Crippen LogP contribution is 2.25. The highest BCUT2D eigenvalue weighted by molar-refractivity contribution is 5.87. The Labute approximate surface area is 117 Å². The van der Waals surface area contributed by atoms with Crippen LogP contribution in [0.25, 0.3) is 0 Å². The van der Waals surface area contributed by atoms with Gasteiger partial charge in [-0.1, -0.05) is 30.3 Å². The SMILES string of the molecule is CC(c1ccccc1)n1nc(C(=O)O)c2c1CCNC2. The van der Waals surface area contributed by atoms with E-state index in [1.165, 1.54) is 0 Å². The number of aromatic nitrogens is 2. The van der Waals surface area contributed by atoms with Crippen LogP contribution in [-0.4, -0.2) is 27.4 Å². The third kappa shape index (κ3) is 2.10. The molecular formula is C15H17N3O2. The van der Waals surface area contributed by atoms with E-state index >= 15 is 0 Å². The van der Waals surface area contributed by atoms with Gasteiger partial charge in [0.1, 0.15) is 0 Å². The number of nitrogens with zero attached hydrogens (tertiary/aromatic N) is 2. The summed E-state index contributed by atoms with van der Waals surface area (Å²) in [6.45, 7) is 3.49. The highest BCUT2D eigenvalue weighted by Gasteiger charge is 2.26. The highest BCUT2D eigenvalue weighted by atomic mass is 16.4. The minimum absolute atomic E-state index is 0.0381. The van der Waals surface area contributed by atoms with Gasteiger partial charge in [-0.15, -0.1) is 0 Å². The first-order valence-electron chi connectivity index (χ1n) is 6.77. The fraction of sp³-hybridized carbons (Fsp3) is 0.333. The van der Waals surface area contributed by atoms with Crippen molar-refractivity contribution in [1.29, 1.82) is 0 Å². The fourth-order valence-electron chi connectivity index (χ4n) is 2.74. The Kier molecular flexibility index (Phi) is 3.28. The molecule has 0 aliphatic carbocycles. The molecule has 5 heteroatoms. The predicted octanol–water partition coefficient (Wildman–Crippen LogP) is 1.84. The molecule has 0 amide bonds. The van der Waals surface area contributed by atoms with E-state index in [1.807, 2.05) is 35.0 Å². The smallest absolute Gasteiger partial charge is 0.356 e. The number of aromatic carboxylic acids is 1. The van der Waals surface area contributed by atoms with Crippen LogP contribution in [-0.2, 0) is 13.0 Å². The van der Waals surface area contributed by atoms with Crippen molar-refractivity contribution in [2.45, 2.75) is 25.9 Å². The second kappa shape index (κ2) is 5.09. The number of nitrogens with one attached hydrogen (secondary N) is 1. The standard InChI is InChI=1S/C15H17N3O2/c1-10(11-5-3-2-4-6-11)18-13-7-8-16-9-12(13)14(17-18)15(19)20/h2-6,10,16H,7-9H2,1H3,(H,19,20). The molecule has 2 heterocycles. The first kappa shape index (κ1) is 12.9. The molecule has 0 radical (unpaired) electrons. The lowest BCUT2D eigenvalue weighted by molar-refractivity contribution is 0.0688. The average Bonchev–Trinajstić information content (AvgIpc) is 2.87. The minimum Gasteiger partial charge on any atom is -0.476 e. The predicted molar refractivity (Wildman–Crippen MR) is 74.9 cm³/mol. The van der Waals surface area contributed by atoms with Crippen LogP contribution in [0, 0.1) is 0 Å². The second-order valence-electron chi connectivity index (χ2n) is 5.04. The van der Waals surface area contributed by atoms with Gasteiger partial charge in [0.05, 0.1) is 6.04 Å². The van der Waals surface area contributed by atoms with Crippen molar-refractivity contribution in [1.82, 2.24) is 15.1 Å². The Morgan fingerprint density at radius 2 is 2.15 bits per heavy atom. The van der Waals surface area contributed by atoms with Crippen LogP contribution >= 0.6 is 0 Å². The van der Waals surface area contributed by atoms with Crippen LogP contribution in [0.3, 0.4) is 0 Å². The number of rotatable bonds is 3. The zero-order valence-corrected chi connectivity index (χ0v) is 11.3. The first-order valence-corrected chi connectivity index (χ1v) is 6.77. The van der Waals surface area contributed by atoms with Crippen molar-refractivity contribution in [3.8, 4) is 0 Å². The average molecular weight is 271 g/mol. The van der Waals surface area contributed by atoms with Crippen molar-refractivity contribution in [3.63, 3.8) is 0 Å². The molecule has 0 spiro atoms. The zero-order chi connectivity index (χ0) is 14.1. The molecule has 20 heavy (non-hydrogen) atoms. The van der Waals surface area contributed by atoms with E-state index < -0.39 is 5.97 Å². The Balaban J connectivity index is 2.08. The lowest BCUT2D eigenvalue weighted by Gasteiger charge is -2.19. The Hall–Kier alpha value is -2.14. The number of benzene rings is 1. The summed E-state index contributed by atoms with van der Waals surface area (Å²) in [6.07, 6.45) is 0.812. The van der Waals surface area contributed by atoms with Crippen LogP contribution in [0.5, 0.6) is 0 Å². The van der Waals surface area contributed by atoms with Gasteiger partial charge in [-0.05, 0) is 12.5 Å². The number of carboxylic acid groups (broad SMARTS) is 1.